The van der Waals surface area contributed by atoms with E-state index in [4.69, 9.17) is 4.74 Å². The second kappa shape index (κ2) is 8.99. The monoisotopic (exact) mass is 454 g/mol. The molecule has 0 atom stereocenters. The van der Waals surface area contributed by atoms with Crippen molar-refractivity contribution in [1.82, 2.24) is 19.5 Å². The molecular weight excluding hydrogens is 437 g/mol. The van der Waals surface area contributed by atoms with Crippen LogP contribution < -0.4 is 15.4 Å². The molecule has 0 radical (unpaired) electrons. The predicted molar refractivity (Wildman–Crippen MR) is 114 cm³/mol. The van der Waals surface area contributed by atoms with E-state index in [0.29, 0.717) is 23.1 Å². The van der Waals surface area contributed by atoms with Gasteiger partial charge in [0.1, 0.15) is 23.7 Å². The summed E-state index contributed by atoms with van der Waals surface area (Å²) in [5.74, 6) is 2.08. The maximum atomic E-state index is 13.1. The molecule has 2 aromatic carbocycles. The van der Waals surface area contributed by atoms with Crippen molar-refractivity contribution in [2.75, 3.05) is 10.6 Å². The van der Waals surface area contributed by atoms with Gasteiger partial charge in [0.05, 0.1) is 11.3 Å². The third kappa shape index (κ3) is 5.26. The summed E-state index contributed by atoms with van der Waals surface area (Å²) in [4.78, 5) is 24.6. The van der Waals surface area contributed by atoms with E-state index in [1.54, 1.807) is 47.3 Å². The molecule has 0 saturated carbocycles. The molecule has 2 amide bonds. The van der Waals surface area contributed by atoms with Crippen LogP contribution in [0.2, 0.25) is 0 Å². The van der Waals surface area contributed by atoms with Crippen LogP contribution in [-0.4, -0.2) is 25.6 Å². The number of rotatable bonds is 5. The van der Waals surface area contributed by atoms with E-state index < -0.39 is 17.8 Å². The molecule has 168 valence electrons. The Kier molecular flexibility index (Phi) is 5.94. The summed E-state index contributed by atoms with van der Waals surface area (Å²) in [7, 11) is 0. The van der Waals surface area contributed by atoms with Crippen molar-refractivity contribution in [3.8, 4) is 17.4 Å². The average molecular weight is 454 g/mol. The van der Waals surface area contributed by atoms with Gasteiger partial charge in [-0.25, -0.2) is 19.7 Å². The van der Waals surface area contributed by atoms with E-state index in [9.17, 15) is 18.0 Å². The minimum Gasteiger partial charge on any atom is -0.439 e. The lowest BCUT2D eigenvalue weighted by Crippen LogP contribution is -2.21. The smallest absolute Gasteiger partial charge is 0.418 e. The van der Waals surface area contributed by atoms with E-state index >= 15 is 0 Å². The van der Waals surface area contributed by atoms with Gasteiger partial charge in [0.15, 0.2) is 0 Å². The number of amides is 2. The standard InChI is InChI=1S/C22H17F3N6O2/c1-14-26-10-11-31(14)19-12-20(28-13-27-19)33-16-8-6-15(7-9-16)29-21(32)30-18-5-3-2-4-17(18)22(23,24)25/h2-13H,1H3,(H2,29,30,32). The maximum Gasteiger partial charge on any atom is 0.418 e. The van der Waals surface area contributed by atoms with Crippen molar-refractivity contribution in [2.45, 2.75) is 13.1 Å². The number of hydrogen-bond acceptors (Lipinski definition) is 5. The van der Waals surface area contributed by atoms with Crippen molar-refractivity contribution in [2.24, 2.45) is 0 Å². The molecule has 8 nitrogen and oxygen atoms in total. The highest BCUT2D eigenvalue weighted by Gasteiger charge is 2.33. The number of aromatic nitrogens is 4. The largest absolute Gasteiger partial charge is 0.439 e. The van der Waals surface area contributed by atoms with Crippen LogP contribution >= 0.6 is 0 Å². The van der Waals surface area contributed by atoms with Crippen LogP contribution in [0.15, 0.2) is 73.3 Å². The second-order valence-corrected chi connectivity index (χ2v) is 6.81. The Morgan fingerprint density at radius 1 is 1.00 bits per heavy atom. The van der Waals surface area contributed by atoms with Gasteiger partial charge >= 0.3 is 12.2 Å². The van der Waals surface area contributed by atoms with Gasteiger partial charge in [0.2, 0.25) is 5.88 Å². The van der Waals surface area contributed by atoms with Crippen LogP contribution in [0.4, 0.5) is 29.3 Å². The zero-order valence-electron chi connectivity index (χ0n) is 17.2. The van der Waals surface area contributed by atoms with Crippen LogP contribution in [0, 0.1) is 6.92 Å². The number of halogens is 3. The number of aryl methyl sites for hydroxylation is 1. The molecule has 0 fully saturated rings. The number of para-hydroxylation sites is 1. The molecule has 0 spiro atoms. The fourth-order valence-corrected chi connectivity index (χ4v) is 2.99. The van der Waals surface area contributed by atoms with Gasteiger partial charge in [-0.1, -0.05) is 12.1 Å². The Morgan fingerprint density at radius 3 is 2.45 bits per heavy atom. The Bertz CT molecular complexity index is 1270. The lowest BCUT2D eigenvalue weighted by Gasteiger charge is -2.14. The van der Waals surface area contributed by atoms with Crippen LogP contribution in [-0.2, 0) is 6.18 Å². The van der Waals surface area contributed by atoms with Crippen molar-refractivity contribution in [3.05, 3.63) is 84.7 Å². The number of hydrogen-bond donors (Lipinski definition) is 2. The Balaban J connectivity index is 1.40. The molecule has 0 unspecified atom stereocenters. The third-order valence-corrected chi connectivity index (χ3v) is 4.52. The number of anilines is 2. The second-order valence-electron chi connectivity index (χ2n) is 6.81. The van der Waals surface area contributed by atoms with Crippen LogP contribution in [0.1, 0.15) is 11.4 Å². The zero-order chi connectivity index (χ0) is 23.4. The van der Waals surface area contributed by atoms with Gasteiger partial charge < -0.3 is 15.4 Å². The average Bonchev–Trinajstić information content (AvgIpc) is 3.21. The van der Waals surface area contributed by atoms with Crippen molar-refractivity contribution >= 4 is 17.4 Å². The summed E-state index contributed by atoms with van der Waals surface area (Å²) in [6.45, 7) is 1.84. The number of benzene rings is 2. The van der Waals surface area contributed by atoms with E-state index in [1.807, 2.05) is 6.92 Å². The van der Waals surface area contributed by atoms with Crippen LogP contribution in [0.5, 0.6) is 11.6 Å². The lowest BCUT2D eigenvalue weighted by molar-refractivity contribution is -0.136. The number of nitrogens with one attached hydrogen (secondary N) is 2. The Hall–Kier alpha value is -4.41. The van der Waals surface area contributed by atoms with Gasteiger partial charge in [0, 0.05) is 24.1 Å². The first-order valence-corrected chi connectivity index (χ1v) is 9.64. The fourth-order valence-electron chi connectivity index (χ4n) is 2.99. The summed E-state index contributed by atoms with van der Waals surface area (Å²) in [6.07, 6.45) is 0.199. The molecule has 2 N–H and O–H groups in total. The highest BCUT2D eigenvalue weighted by molar-refractivity contribution is 6.00. The number of urea groups is 1. The topological polar surface area (TPSA) is 94.0 Å². The van der Waals surface area contributed by atoms with Crippen molar-refractivity contribution in [1.29, 1.82) is 0 Å². The number of ether oxygens (including phenoxy) is 1. The lowest BCUT2D eigenvalue weighted by atomic mass is 10.1. The number of imidazole rings is 1. The summed E-state index contributed by atoms with van der Waals surface area (Å²) < 4.78 is 46.7. The molecule has 0 aliphatic heterocycles. The molecule has 2 aromatic heterocycles. The summed E-state index contributed by atoms with van der Waals surface area (Å²) in [6, 6.07) is 11.8. The summed E-state index contributed by atoms with van der Waals surface area (Å²) >= 11 is 0. The molecule has 0 aliphatic carbocycles. The van der Waals surface area contributed by atoms with Gasteiger partial charge in [-0.2, -0.15) is 13.2 Å². The van der Waals surface area contributed by atoms with Crippen molar-refractivity contribution < 1.29 is 22.7 Å². The number of nitrogens with zero attached hydrogens (tertiary/aromatic N) is 4. The summed E-state index contributed by atoms with van der Waals surface area (Å²) in [5, 5.41) is 4.70. The number of carbonyl (C=O) groups excluding carboxylic acids is 1. The minimum absolute atomic E-state index is 0.301. The van der Waals surface area contributed by atoms with Crippen LogP contribution in [0.3, 0.4) is 0 Å². The Morgan fingerprint density at radius 2 is 1.76 bits per heavy atom. The minimum atomic E-state index is -4.58. The first-order chi connectivity index (χ1) is 15.8. The molecule has 0 saturated heterocycles. The Labute approximate surface area is 186 Å². The molecule has 0 bridgehead atoms. The molecule has 11 heteroatoms. The maximum absolute atomic E-state index is 13.1. The normalized spacial score (nSPS) is 11.2. The first-order valence-electron chi connectivity index (χ1n) is 9.64. The van der Waals surface area contributed by atoms with Crippen molar-refractivity contribution in [3.63, 3.8) is 0 Å². The SMILES string of the molecule is Cc1nccn1-c1cc(Oc2ccc(NC(=O)Nc3ccccc3C(F)(F)F)cc2)ncn1. The molecular formula is C22H17F3N6O2. The zero-order valence-corrected chi connectivity index (χ0v) is 17.2. The van der Waals surface area contributed by atoms with E-state index in [2.05, 4.69) is 25.6 Å². The van der Waals surface area contributed by atoms with Gasteiger partial charge in [0.25, 0.3) is 0 Å². The van der Waals surface area contributed by atoms with E-state index in [-0.39, 0.29) is 5.69 Å². The third-order valence-electron chi connectivity index (χ3n) is 4.52. The van der Waals surface area contributed by atoms with Gasteiger partial charge in [-0.3, -0.25) is 4.57 Å². The van der Waals surface area contributed by atoms with E-state index in [0.717, 1.165) is 11.9 Å². The number of carbonyl (C=O) groups is 1. The molecule has 2 heterocycles. The molecule has 4 rings (SSSR count). The molecule has 0 aliphatic rings. The molecule has 33 heavy (non-hydrogen) atoms. The first kappa shape index (κ1) is 21.8. The van der Waals surface area contributed by atoms with Crippen LogP contribution in [0.25, 0.3) is 5.82 Å². The highest BCUT2D eigenvalue weighted by atomic mass is 19.4. The molecule has 4 aromatic rings. The quantitative estimate of drug-likeness (QED) is 0.420. The van der Waals surface area contributed by atoms with Gasteiger partial charge in [-0.05, 0) is 43.3 Å². The summed E-state index contributed by atoms with van der Waals surface area (Å²) in [5.41, 5.74) is -0.907. The number of alkyl halides is 3. The van der Waals surface area contributed by atoms with Gasteiger partial charge in [-0.15, -0.1) is 0 Å². The fraction of sp³-hybridized carbons (Fsp3) is 0.0909. The van der Waals surface area contributed by atoms with E-state index in [1.165, 1.54) is 24.5 Å². The predicted octanol–water partition coefficient (Wildman–Crippen LogP) is 5.43. The highest BCUT2D eigenvalue weighted by Crippen LogP contribution is 2.34.